The average Bonchev–Trinajstić information content (AvgIpc) is 3.27. The molecule has 4 aromatic carbocycles. The summed E-state index contributed by atoms with van der Waals surface area (Å²) in [6.07, 6.45) is 8.47. The fraction of sp³-hybridized carbons (Fsp3) is 0.0606. The van der Waals surface area contributed by atoms with Crippen LogP contribution in [0.3, 0.4) is 0 Å². The van der Waals surface area contributed by atoms with Crippen LogP contribution in [0.5, 0.6) is 0 Å². The van der Waals surface area contributed by atoms with Gasteiger partial charge < -0.3 is 9.09 Å². The number of hydrogen-bond donors (Lipinski definition) is 0. The third kappa shape index (κ3) is 3.05. The zero-order valence-corrected chi connectivity index (χ0v) is 21.6. The van der Waals surface area contributed by atoms with E-state index in [9.17, 15) is 0 Å². The van der Waals surface area contributed by atoms with Crippen LogP contribution in [0.15, 0.2) is 116 Å². The Labute approximate surface area is 212 Å². The third-order valence-electron chi connectivity index (χ3n) is 7.26. The molecule has 0 saturated carbocycles. The van der Waals surface area contributed by atoms with Crippen molar-refractivity contribution < 1.29 is 4.52 Å². The molecule has 3 heteroatoms. The number of nitrogens with zero attached hydrogens (tertiary/aromatic N) is 1. The van der Waals surface area contributed by atoms with E-state index in [2.05, 4.69) is 117 Å². The normalized spacial score (nSPS) is 17.2. The number of rotatable bonds is 4. The first kappa shape index (κ1) is 22.5. The van der Waals surface area contributed by atoms with E-state index in [0.29, 0.717) is 0 Å². The Hall–Kier alpha value is -4.00. The smallest absolute Gasteiger partial charge is 0.131 e. The van der Waals surface area contributed by atoms with Crippen LogP contribution in [-0.4, -0.2) is 10.9 Å². The first-order chi connectivity index (χ1) is 17.5. The van der Waals surface area contributed by atoms with E-state index in [1.165, 1.54) is 38.2 Å². The molecular weight excluding hydrogens is 457 g/mol. The van der Waals surface area contributed by atoms with Gasteiger partial charge in [-0.15, -0.1) is 0 Å². The van der Waals surface area contributed by atoms with E-state index in [-0.39, 0.29) is 0 Å². The summed E-state index contributed by atoms with van der Waals surface area (Å²) in [5.74, 6) is 0.746. The Kier molecular flexibility index (Phi) is 5.18. The molecule has 0 bridgehead atoms. The predicted molar refractivity (Wildman–Crippen MR) is 158 cm³/mol. The SMILES string of the molecule is C=CC1=C(C=C)c2ccccc2P(=C)(c2cc(C)c3c(c2C)c2ccccc2n3-c2ccccc2)O1. The highest BCUT2D eigenvalue weighted by Gasteiger charge is 2.34. The monoisotopic (exact) mass is 485 g/mol. The van der Waals surface area contributed by atoms with Gasteiger partial charge in [-0.25, -0.2) is 0 Å². The van der Waals surface area contributed by atoms with Gasteiger partial charge in [0.05, 0.1) is 11.0 Å². The standard InChI is InChI=1S/C33H28NOP/c1-6-25-26-17-12-14-20-30(26)36(5,35-29(25)7-2)31-21-22(3)33-32(23(31)4)27-18-11-13-19-28(27)34(33)24-15-9-8-10-16-24/h6-21H,1-2,5H2,3-4H3. The number of benzene rings is 4. The molecular formula is C33H28NOP. The summed E-state index contributed by atoms with van der Waals surface area (Å²) in [6.45, 7) is 12.5. The first-order valence-corrected chi connectivity index (χ1v) is 14.0. The van der Waals surface area contributed by atoms with Crippen molar-refractivity contribution in [3.8, 4) is 5.69 Å². The van der Waals surface area contributed by atoms with Gasteiger partial charge in [-0.05, 0) is 60.9 Å². The maximum absolute atomic E-state index is 6.81. The molecule has 1 unspecified atom stereocenters. The second-order valence-corrected chi connectivity index (χ2v) is 11.9. The van der Waals surface area contributed by atoms with E-state index in [4.69, 9.17) is 10.8 Å². The number of allylic oxidation sites excluding steroid dienone is 3. The van der Waals surface area contributed by atoms with Crippen molar-refractivity contribution in [1.29, 1.82) is 0 Å². The van der Waals surface area contributed by atoms with Crippen LogP contribution in [0.1, 0.15) is 16.7 Å². The highest BCUT2D eigenvalue weighted by atomic mass is 31.2. The molecule has 0 fully saturated rings. The fourth-order valence-corrected chi connectivity index (χ4v) is 8.61. The van der Waals surface area contributed by atoms with Crippen molar-refractivity contribution in [3.05, 3.63) is 133 Å². The molecule has 0 amide bonds. The van der Waals surface area contributed by atoms with Crippen LogP contribution in [0.2, 0.25) is 0 Å². The zero-order chi connectivity index (χ0) is 25.0. The highest BCUT2D eigenvalue weighted by molar-refractivity contribution is 7.83. The van der Waals surface area contributed by atoms with Gasteiger partial charge in [0.25, 0.3) is 0 Å². The third-order valence-corrected chi connectivity index (χ3v) is 10.2. The minimum Gasteiger partial charge on any atom is -0.468 e. The van der Waals surface area contributed by atoms with Crippen molar-refractivity contribution in [2.24, 2.45) is 0 Å². The molecule has 1 atom stereocenters. The number of hydrogen-bond acceptors (Lipinski definition) is 1. The van der Waals surface area contributed by atoms with Crippen molar-refractivity contribution >= 4 is 51.4 Å². The quantitative estimate of drug-likeness (QED) is 0.237. The topological polar surface area (TPSA) is 14.2 Å². The van der Waals surface area contributed by atoms with Crippen LogP contribution >= 0.6 is 7.11 Å². The number of fused-ring (bicyclic) bond motifs is 4. The van der Waals surface area contributed by atoms with Crippen molar-refractivity contribution in [3.63, 3.8) is 0 Å². The van der Waals surface area contributed by atoms with E-state index < -0.39 is 7.11 Å². The van der Waals surface area contributed by atoms with Gasteiger partial charge in [-0.1, -0.05) is 86.2 Å². The highest BCUT2D eigenvalue weighted by Crippen LogP contribution is 2.54. The molecule has 2 heterocycles. The second kappa shape index (κ2) is 8.29. The molecule has 0 radical (unpaired) electrons. The van der Waals surface area contributed by atoms with Gasteiger partial charge in [0.15, 0.2) is 0 Å². The van der Waals surface area contributed by atoms with Gasteiger partial charge in [0.2, 0.25) is 0 Å². The summed E-state index contributed by atoms with van der Waals surface area (Å²) in [6, 6.07) is 30.0. The van der Waals surface area contributed by atoms with E-state index in [1.54, 1.807) is 6.08 Å². The largest absolute Gasteiger partial charge is 0.468 e. The van der Waals surface area contributed by atoms with E-state index in [0.717, 1.165) is 27.9 Å². The molecule has 1 aliphatic rings. The molecule has 1 aliphatic heterocycles. The average molecular weight is 486 g/mol. The molecule has 0 aliphatic carbocycles. The molecule has 6 rings (SSSR count). The Morgan fingerprint density at radius 1 is 0.806 bits per heavy atom. The zero-order valence-electron chi connectivity index (χ0n) is 20.7. The number of aromatic nitrogens is 1. The molecule has 176 valence electrons. The summed E-state index contributed by atoms with van der Waals surface area (Å²) < 4.78 is 9.19. The Balaban J connectivity index is 1.73. The summed E-state index contributed by atoms with van der Waals surface area (Å²) in [4.78, 5) is 0. The second-order valence-electron chi connectivity index (χ2n) is 9.28. The van der Waals surface area contributed by atoms with E-state index in [1.807, 2.05) is 6.08 Å². The number of aryl methyl sites for hydroxylation is 2. The lowest BCUT2D eigenvalue weighted by Gasteiger charge is -2.35. The molecule has 0 spiro atoms. The number of para-hydroxylation sites is 2. The molecule has 2 nitrogen and oxygen atoms in total. The van der Waals surface area contributed by atoms with Gasteiger partial charge in [0.1, 0.15) is 12.9 Å². The van der Waals surface area contributed by atoms with Crippen LogP contribution in [0.4, 0.5) is 0 Å². The predicted octanol–water partition coefficient (Wildman–Crippen LogP) is 7.83. The minimum atomic E-state index is -2.47. The Morgan fingerprint density at radius 2 is 1.50 bits per heavy atom. The summed E-state index contributed by atoms with van der Waals surface area (Å²) in [5, 5.41) is 4.80. The van der Waals surface area contributed by atoms with Crippen molar-refractivity contribution in [1.82, 2.24) is 4.57 Å². The Bertz CT molecular complexity index is 1790. The Morgan fingerprint density at radius 3 is 2.25 bits per heavy atom. The molecule has 0 saturated heterocycles. The lowest BCUT2D eigenvalue weighted by molar-refractivity contribution is 0.504. The maximum Gasteiger partial charge on any atom is 0.131 e. The van der Waals surface area contributed by atoms with E-state index >= 15 is 0 Å². The summed E-state index contributed by atoms with van der Waals surface area (Å²) in [7, 11) is -2.47. The molecule has 0 N–H and O–H groups in total. The van der Waals surface area contributed by atoms with Crippen molar-refractivity contribution in [2.45, 2.75) is 13.8 Å². The lowest BCUT2D eigenvalue weighted by Crippen LogP contribution is -2.27. The molecule has 36 heavy (non-hydrogen) atoms. The van der Waals surface area contributed by atoms with Crippen LogP contribution < -0.4 is 10.6 Å². The van der Waals surface area contributed by atoms with Gasteiger partial charge >= 0.3 is 0 Å². The van der Waals surface area contributed by atoms with Crippen LogP contribution in [0.25, 0.3) is 33.1 Å². The molecule has 5 aromatic rings. The van der Waals surface area contributed by atoms with Gasteiger partial charge in [-0.2, -0.15) is 0 Å². The van der Waals surface area contributed by atoms with Crippen molar-refractivity contribution in [2.75, 3.05) is 0 Å². The minimum absolute atomic E-state index is 0.746. The fourth-order valence-electron chi connectivity index (χ4n) is 5.68. The first-order valence-electron chi connectivity index (χ1n) is 12.1. The van der Waals surface area contributed by atoms with Crippen LogP contribution in [0, 0.1) is 13.8 Å². The van der Waals surface area contributed by atoms with Crippen LogP contribution in [-0.2, 0) is 4.52 Å². The summed E-state index contributed by atoms with van der Waals surface area (Å²) in [5.41, 5.74) is 8.09. The lowest BCUT2D eigenvalue weighted by atomic mass is 10.0. The maximum atomic E-state index is 6.81. The van der Waals surface area contributed by atoms with Gasteiger partial charge in [0, 0.05) is 32.6 Å². The summed E-state index contributed by atoms with van der Waals surface area (Å²) >= 11 is 0. The molecule has 1 aromatic heterocycles. The van der Waals surface area contributed by atoms with Gasteiger partial charge in [-0.3, -0.25) is 0 Å².